The lowest BCUT2D eigenvalue weighted by Gasteiger charge is -2.44. The molecule has 0 radical (unpaired) electrons. The van der Waals surface area contributed by atoms with E-state index in [1.54, 1.807) is 0 Å². The molecule has 0 rings (SSSR count). The maximum Gasteiger partial charge on any atom is 0.317 e. The van der Waals surface area contributed by atoms with E-state index < -0.39 is 48.6 Å². The van der Waals surface area contributed by atoms with E-state index in [4.69, 9.17) is 36.1 Å². The second kappa shape index (κ2) is 25.7. The van der Waals surface area contributed by atoms with Crippen LogP contribution < -0.4 is 0 Å². The molecular weight excluding hydrogens is 677 g/mol. The van der Waals surface area contributed by atoms with E-state index in [1.165, 1.54) is 83.5 Å². The van der Waals surface area contributed by atoms with Gasteiger partial charge in [0, 0.05) is 19.8 Å². The quantitative estimate of drug-likeness (QED) is 0.0388. The molecule has 0 aromatic heterocycles. The normalized spacial score (nSPS) is 15.7. The first-order chi connectivity index (χ1) is 21.8. The Hall–Kier alpha value is 0.764. The van der Waals surface area contributed by atoms with Crippen molar-refractivity contribution in [1.29, 1.82) is 0 Å². The fraction of sp³-hybridized carbons (Fsp3) is 1.00. The molecule has 0 aromatic carbocycles. The summed E-state index contributed by atoms with van der Waals surface area (Å²) in [5.74, 6) is 0. The van der Waals surface area contributed by atoms with Gasteiger partial charge < -0.3 is 36.1 Å². The van der Waals surface area contributed by atoms with Gasteiger partial charge in [-0.15, -0.1) is 0 Å². The van der Waals surface area contributed by atoms with Crippen molar-refractivity contribution in [3.63, 3.8) is 0 Å². The molecule has 0 saturated carbocycles. The van der Waals surface area contributed by atoms with E-state index in [-0.39, 0.29) is 6.61 Å². The monoisotopic (exact) mass is 756 g/mol. The second-order valence-electron chi connectivity index (χ2n) is 16.3. The Bertz CT molecular complexity index is 751. The van der Waals surface area contributed by atoms with Crippen LogP contribution >= 0.6 is 0 Å². The van der Waals surface area contributed by atoms with E-state index in [0.717, 1.165) is 31.4 Å². The maximum atomic E-state index is 8.89. The first-order valence-electron chi connectivity index (χ1n) is 19.1. The van der Waals surface area contributed by atoms with Crippen molar-refractivity contribution >= 4 is 42.3 Å². The maximum absolute atomic E-state index is 8.89. The van der Waals surface area contributed by atoms with Crippen molar-refractivity contribution < 1.29 is 36.1 Å². The lowest BCUT2D eigenvalue weighted by molar-refractivity contribution is -0.0961. The summed E-state index contributed by atoms with van der Waals surface area (Å²) >= 11 is 0. The molecule has 0 heterocycles. The molecule has 2 N–H and O–H groups in total. The van der Waals surface area contributed by atoms with E-state index in [9.17, 15) is 0 Å². The molecule has 0 aliphatic carbocycles. The number of hydrogen-bond donors (Lipinski definition) is 2. The fourth-order valence-corrected chi connectivity index (χ4v) is 30.1. The van der Waals surface area contributed by atoms with Crippen molar-refractivity contribution in [2.24, 2.45) is 0 Å². The summed E-state index contributed by atoms with van der Waals surface area (Å²) in [6.45, 7) is 26.3. The Balaban J connectivity index is 5.05. The molecule has 2 atom stereocenters. The molecule has 0 aromatic rings. The lowest BCUT2D eigenvalue weighted by Crippen LogP contribution is -2.60. The Morgan fingerprint density at radius 1 is 0.426 bits per heavy atom. The van der Waals surface area contributed by atoms with Crippen LogP contribution in [0, 0.1) is 0 Å². The zero-order valence-corrected chi connectivity index (χ0v) is 38.0. The minimum atomic E-state index is -2.60. The first-order valence-corrected chi connectivity index (χ1v) is 33.8. The minimum absolute atomic E-state index is 0.0674. The third-order valence-corrected chi connectivity index (χ3v) is 26.0. The zero-order valence-electron chi connectivity index (χ0n) is 33.0. The summed E-state index contributed by atoms with van der Waals surface area (Å²) in [7, 11) is -11.2. The smallest absolute Gasteiger partial charge is 0.317 e. The van der Waals surface area contributed by atoms with Gasteiger partial charge in [-0.25, -0.2) is 0 Å². The van der Waals surface area contributed by atoms with Gasteiger partial charge in [-0.3, -0.25) is 0 Å². The predicted molar refractivity (Wildman–Crippen MR) is 211 cm³/mol. The SMILES string of the molecule is CCCCCCCCCCCCCCCC[Si](C)(O[Si](C)(C)O[Si](C)(C)C)O[Si](C)(CCCOCCCOCC(O)O)O[Si](C)(C)C. The third-order valence-electron chi connectivity index (χ3n) is 7.72. The van der Waals surface area contributed by atoms with Crippen LogP contribution in [0.1, 0.15) is 110 Å². The number of unbranched alkanes of at least 4 members (excludes halogenated alkanes) is 13. The molecule has 47 heavy (non-hydrogen) atoms. The molecular formula is C34H80O8Si5. The summed E-state index contributed by atoms with van der Waals surface area (Å²) < 4.78 is 39.0. The van der Waals surface area contributed by atoms with Gasteiger partial charge in [-0.1, -0.05) is 96.8 Å². The second-order valence-corrected chi connectivity index (χ2v) is 36.3. The highest BCUT2D eigenvalue weighted by Gasteiger charge is 2.48. The molecule has 0 fully saturated rings. The largest absolute Gasteiger partial charge is 0.437 e. The Kier molecular flexibility index (Phi) is 26.1. The van der Waals surface area contributed by atoms with Crippen LogP contribution in [0.15, 0.2) is 0 Å². The summed E-state index contributed by atoms with van der Waals surface area (Å²) in [6.07, 6.45) is 19.1. The zero-order chi connectivity index (χ0) is 35.9. The summed E-state index contributed by atoms with van der Waals surface area (Å²) in [5, 5.41) is 17.8. The molecule has 0 aliphatic heterocycles. The van der Waals surface area contributed by atoms with Gasteiger partial charge in [0.2, 0.25) is 0 Å². The van der Waals surface area contributed by atoms with E-state index >= 15 is 0 Å². The molecule has 0 bridgehead atoms. The molecule has 284 valence electrons. The summed E-state index contributed by atoms with van der Waals surface area (Å²) in [5.41, 5.74) is 0. The van der Waals surface area contributed by atoms with Crippen LogP contribution in [0.4, 0.5) is 0 Å². The standard InChI is InChI=1S/C34H80O8Si5/c1-12-13-14-15-16-17-18-19-20-21-22-23-24-25-31-47(11,41-45(8,9)39-43(2,3)4)42-46(10,40-44(5,6)7)32-27-30-37-28-26-29-38-33-34(35)36/h34-36H,12-33H2,1-11H3. The van der Waals surface area contributed by atoms with Crippen LogP contribution in [-0.4, -0.2) is 85.2 Å². The lowest BCUT2D eigenvalue weighted by atomic mass is 10.0. The molecule has 0 amide bonds. The van der Waals surface area contributed by atoms with E-state index in [2.05, 4.69) is 72.4 Å². The molecule has 2 unspecified atom stereocenters. The van der Waals surface area contributed by atoms with Gasteiger partial charge in [0.05, 0.1) is 6.61 Å². The number of ether oxygens (including phenoxy) is 2. The predicted octanol–water partition coefficient (Wildman–Crippen LogP) is 10.2. The van der Waals surface area contributed by atoms with Gasteiger partial charge in [-0.05, 0) is 90.4 Å². The molecule has 0 spiro atoms. The van der Waals surface area contributed by atoms with Crippen LogP contribution in [0.2, 0.25) is 77.6 Å². The van der Waals surface area contributed by atoms with Gasteiger partial charge in [-0.2, -0.15) is 0 Å². The number of rotatable bonds is 33. The average Bonchev–Trinajstić information content (AvgIpc) is 2.89. The molecule has 13 heteroatoms. The van der Waals surface area contributed by atoms with E-state index in [0.29, 0.717) is 19.8 Å². The van der Waals surface area contributed by atoms with Crippen LogP contribution in [0.25, 0.3) is 0 Å². The van der Waals surface area contributed by atoms with Crippen LogP contribution in [0.3, 0.4) is 0 Å². The molecule has 8 nitrogen and oxygen atoms in total. The summed E-state index contributed by atoms with van der Waals surface area (Å²) in [4.78, 5) is 0. The van der Waals surface area contributed by atoms with Crippen molar-refractivity contribution in [2.45, 2.75) is 194 Å². The molecule has 0 saturated heterocycles. The number of aliphatic hydroxyl groups is 2. The third kappa shape index (κ3) is 31.2. The van der Waals surface area contributed by atoms with Crippen molar-refractivity contribution in [3.05, 3.63) is 0 Å². The van der Waals surface area contributed by atoms with E-state index in [1.807, 2.05) is 0 Å². The Morgan fingerprint density at radius 3 is 1.30 bits per heavy atom. The average molecular weight is 757 g/mol. The first kappa shape index (κ1) is 47.8. The van der Waals surface area contributed by atoms with Gasteiger partial charge in [0.1, 0.15) is 0 Å². The van der Waals surface area contributed by atoms with Gasteiger partial charge >= 0.3 is 25.7 Å². The topological polar surface area (TPSA) is 95.8 Å². The highest BCUT2D eigenvalue weighted by atomic mass is 28.5. The number of aliphatic hydroxyl groups excluding tert-OH is 1. The highest BCUT2D eigenvalue weighted by Crippen LogP contribution is 2.32. The van der Waals surface area contributed by atoms with Crippen molar-refractivity contribution in [3.8, 4) is 0 Å². The Morgan fingerprint density at radius 2 is 0.830 bits per heavy atom. The fourth-order valence-electron chi connectivity index (χ4n) is 6.32. The van der Waals surface area contributed by atoms with Gasteiger partial charge in [0.15, 0.2) is 22.9 Å². The number of hydrogen-bond acceptors (Lipinski definition) is 8. The summed E-state index contributed by atoms with van der Waals surface area (Å²) in [6, 6.07) is 1.85. The van der Waals surface area contributed by atoms with Crippen LogP contribution in [-0.2, 0) is 25.9 Å². The van der Waals surface area contributed by atoms with Crippen LogP contribution in [0.5, 0.6) is 0 Å². The highest BCUT2D eigenvalue weighted by molar-refractivity contribution is 6.90. The van der Waals surface area contributed by atoms with Gasteiger partial charge in [0.25, 0.3) is 0 Å². The Labute approximate surface area is 297 Å². The minimum Gasteiger partial charge on any atom is -0.437 e. The van der Waals surface area contributed by atoms with Crippen molar-refractivity contribution in [2.75, 3.05) is 26.4 Å². The van der Waals surface area contributed by atoms with Crippen molar-refractivity contribution in [1.82, 2.24) is 0 Å². The molecule has 0 aliphatic rings.